The van der Waals surface area contributed by atoms with Crippen LogP contribution in [0, 0.1) is 0 Å². The molecule has 6 heteroatoms. The molecule has 0 saturated carbocycles. The Balaban J connectivity index is 1.68. The molecular formula is C22H16ClN5. The van der Waals surface area contributed by atoms with Crippen molar-refractivity contribution >= 4 is 39.8 Å². The van der Waals surface area contributed by atoms with Crippen LogP contribution < -0.4 is 4.90 Å². The van der Waals surface area contributed by atoms with Crippen LogP contribution in [0.15, 0.2) is 79.1 Å². The van der Waals surface area contributed by atoms with Crippen molar-refractivity contribution in [3.63, 3.8) is 0 Å². The van der Waals surface area contributed by atoms with Crippen LogP contribution >= 0.6 is 11.6 Å². The molecule has 2 aromatic heterocycles. The Hall–Kier alpha value is -3.44. The Labute approximate surface area is 166 Å². The second-order valence-corrected chi connectivity index (χ2v) is 7.01. The Morgan fingerprint density at radius 2 is 1.71 bits per heavy atom. The fraction of sp³-hybridized carbons (Fsp3) is 0.0455. The molecule has 0 atom stereocenters. The molecule has 0 saturated heterocycles. The highest BCUT2D eigenvalue weighted by atomic mass is 35.5. The highest BCUT2D eigenvalue weighted by Gasteiger charge is 2.15. The summed E-state index contributed by atoms with van der Waals surface area (Å²) in [6, 6.07) is 24.5. The highest BCUT2D eigenvalue weighted by molar-refractivity contribution is 6.31. The van der Waals surface area contributed by atoms with Gasteiger partial charge in [-0.15, -0.1) is 10.2 Å². The Kier molecular flexibility index (Phi) is 3.95. The van der Waals surface area contributed by atoms with E-state index in [9.17, 15) is 0 Å². The molecule has 2 heterocycles. The van der Waals surface area contributed by atoms with Crippen LogP contribution in [0.4, 0.5) is 11.5 Å². The Morgan fingerprint density at radius 3 is 2.57 bits per heavy atom. The van der Waals surface area contributed by atoms with Crippen LogP contribution in [0.5, 0.6) is 0 Å². The molecule has 5 nitrogen and oxygen atoms in total. The number of benzene rings is 3. The van der Waals surface area contributed by atoms with Gasteiger partial charge in [-0.3, -0.25) is 4.40 Å². The summed E-state index contributed by atoms with van der Waals surface area (Å²) < 4.78 is 1.85. The van der Waals surface area contributed by atoms with Gasteiger partial charge in [-0.2, -0.15) is 4.98 Å². The third-order valence-corrected chi connectivity index (χ3v) is 5.09. The van der Waals surface area contributed by atoms with Gasteiger partial charge in [0.05, 0.1) is 5.52 Å². The molecule has 0 aliphatic heterocycles. The lowest BCUT2D eigenvalue weighted by atomic mass is 10.0. The molecule has 5 aromatic rings. The smallest absolute Gasteiger partial charge is 0.257 e. The number of aromatic nitrogens is 4. The molecule has 0 radical (unpaired) electrons. The zero-order valence-electron chi connectivity index (χ0n) is 15.1. The number of halogens is 1. The van der Waals surface area contributed by atoms with Gasteiger partial charge in [-0.25, -0.2) is 0 Å². The third kappa shape index (κ3) is 2.77. The van der Waals surface area contributed by atoms with Gasteiger partial charge in [0.2, 0.25) is 0 Å². The summed E-state index contributed by atoms with van der Waals surface area (Å²) in [6.07, 6.45) is 1.65. The van der Waals surface area contributed by atoms with E-state index in [0.717, 1.165) is 28.0 Å². The topological polar surface area (TPSA) is 46.3 Å². The zero-order valence-corrected chi connectivity index (χ0v) is 15.9. The maximum atomic E-state index is 6.24. The zero-order chi connectivity index (χ0) is 19.1. The molecule has 5 rings (SSSR count). The Bertz CT molecular complexity index is 1300. The minimum Gasteiger partial charge on any atom is -0.329 e. The number of hydrogen-bond donors (Lipinski definition) is 0. The predicted octanol–water partition coefficient (Wildman–Crippen LogP) is 5.37. The summed E-state index contributed by atoms with van der Waals surface area (Å²) in [4.78, 5) is 6.81. The van der Waals surface area contributed by atoms with Gasteiger partial charge in [-0.1, -0.05) is 54.1 Å². The predicted molar refractivity (Wildman–Crippen MR) is 113 cm³/mol. The summed E-state index contributed by atoms with van der Waals surface area (Å²) in [5, 5.41) is 9.77. The molecule has 0 N–H and O–H groups in total. The number of hydrogen-bond acceptors (Lipinski definition) is 4. The van der Waals surface area contributed by atoms with Gasteiger partial charge in [0.15, 0.2) is 0 Å². The average molecular weight is 386 g/mol. The first-order chi connectivity index (χ1) is 13.7. The largest absolute Gasteiger partial charge is 0.329 e. The van der Waals surface area contributed by atoms with Gasteiger partial charge in [0.1, 0.15) is 12.1 Å². The van der Waals surface area contributed by atoms with Gasteiger partial charge < -0.3 is 4.90 Å². The quantitative estimate of drug-likeness (QED) is 0.419. The number of rotatable bonds is 3. The summed E-state index contributed by atoms with van der Waals surface area (Å²) >= 11 is 6.24. The molecule has 0 amide bonds. The van der Waals surface area contributed by atoms with E-state index in [0.29, 0.717) is 10.8 Å². The number of nitrogens with zero attached hydrogens (tertiary/aromatic N) is 5. The van der Waals surface area contributed by atoms with Crippen molar-refractivity contribution in [3.8, 4) is 11.1 Å². The monoisotopic (exact) mass is 385 g/mol. The van der Waals surface area contributed by atoms with E-state index in [1.807, 2.05) is 47.8 Å². The van der Waals surface area contributed by atoms with Crippen molar-refractivity contribution in [1.82, 2.24) is 19.6 Å². The summed E-state index contributed by atoms with van der Waals surface area (Å²) in [5.41, 5.74) is 4.29. The van der Waals surface area contributed by atoms with Gasteiger partial charge in [-0.05, 0) is 41.5 Å². The molecule has 0 bridgehead atoms. The lowest BCUT2D eigenvalue weighted by Crippen LogP contribution is -2.13. The van der Waals surface area contributed by atoms with E-state index >= 15 is 0 Å². The van der Waals surface area contributed by atoms with Crippen molar-refractivity contribution < 1.29 is 0 Å². The van der Waals surface area contributed by atoms with Crippen LogP contribution in [-0.2, 0) is 0 Å². The molecule has 0 fully saturated rings. The van der Waals surface area contributed by atoms with Crippen molar-refractivity contribution in [2.75, 3.05) is 11.9 Å². The first kappa shape index (κ1) is 16.7. The van der Waals surface area contributed by atoms with Crippen molar-refractivity contribution in [2.45, 2.75) is 0 Å². The summed E-state index contributed by atoms with van der Waals surface area (Å²) in [6.45, 7) is 0. The van der Waals surface area contributed by atoms with Crippen LogP contribution in [0.25, 0.3) is 27.8 Å². The second kappa shape index (κ2) is 6.62. The van der Waals surface area contributed by atoms with Crippen LogP contribution in [0.2, 0.25) is 5.02 Å². The first-order valence-corrected chi connectivity index (χ1v) is 9.27. The van der Waals surface area contributed by atoms with E-state index in [-0.39, 0.29) is 0 Å². The molecule has 0 spiro atoms. The maximum Gasteiger partial charge on any atom is 0.257 e. The van der Waals surface area contributed by atoms with E-state index in [1.165, 1.54) is 5.56 Å². The van der Waals surface area contributed by atoms with Crippen molar-refractivity contribution in [2.24, 2.45) is 0 Å². The number of anilines is 2. The minimum atomic E-state index is 0.538. The first-order valence-electron chi connectivity index (χ1n) is 8.89. The lowest BCUT2D eigenvalue weighted by molar-refractivity contribution is 1.08. The van der Waals surface area contributed by atoms with Gasteiger partial charge >= 0.3 is 0 Å². The minimum absolute atomic E-state index is 0.538. The molecular weight excluding hydrogens is 370 g/mol. The number of fused-ring (bicyclic) bond motifs is 3. The highest BCUT2D eigenvalue weighted by Crippen LogP contribution is 2.33. The average Bonchev–Trinajstić information content (AvgIpc) is 3.22. The summed E-state index contributed by atoms with van der Waals surface area (Å²) in [5.74, 6) is 1.34. The van der Waals surface area contributed by atoms with Crippen molar-refractivity contribution in [1.29, 1.82) is 0 Å². The third-order valence-electron chi connectivity index (χ3n) is 4.85. The van der Waals surface area contributed by atoms with Crippen LogP contribution in [-0.4, -0.2) is 26.6 Å². The van der Waals surface area contributed by atoms with Gasteiger partial charge in [0, 0.05) is 23.1 Å². The normalized spacial score (nSPS) is 11.2. The van der Waals surface area contributed by atoms with E-state index < -0.39 is 0 Å². The molecule has 28 heavy (non-hydrogen) atoms. The standard InChI is InChI=1S/C22H16ClN5/c1-27(18-9-5-8-16(12-18)15-6-3-2-4-7-15)21-19-11-10-17(23)13-20(19)28-14-24-26-22(28)25-21/h2-14H,1H3. The summed E-state index contributed by atoms with van der Waals surface area (Å²) in [7, 11) is 2.01. The fourth-order valence-corrected chi connectivity index (χ4v) is 3.59. The molecule has 0 unspecified atom stereocenters. The Morgan fingerprint density at radius 1 is 0.893 bits per heavy atom. The SMILES string of the molecule is CN(c1cccc(-c2ccccc2)c1)c1nc2nncn2c2cc(Cl)ccc12. The molecule has 3 aromatic carbocycles. The van der Waals surface area contributed by atoms with Gasteiger partial charge in [0.25, 0.3) is 5.78 Å². The second-order valence-electron chi connectivity index (χ2n) is 6.57. The van der Waals surface area contributed by atoms with Crippen LogP contribution in [0.1, 0.15) is 0 Å². The lowest BCUT2D eigenvalue weighted by Gasteiger charge is -2.21. The van der Waals surface area contributed by atoms with E-state index in [1.54, 1.807) is 6.33 Å². The molecule has 0 aliphatic rings. The fourth-order valence-electron chi connectivity index (χ4n) is 3.43. The van der Waals surface area contributed by atoms with E-state index in [4.69, 9.17) is 16.6 Å². The van der Waals surface area contributed by atoms with E-state index in [2.05, 4.69) is 51.5 Å². The van der Waals surface area contributed by atoms with Crippen LogP contribution in [0.3, 0.4) is 0 Å². The van der Waals surface area contributed by atoms with Crippen molar-refractivity contribution in [3.05, 3.63) is 84.1 Å². The molecule has 0 aliphatic carbocycles. The maximum absolute atomic E-state index is 6.24. The molecule has 136 valence electrons.